The molecule has 0 unspecified atom stereocenters. The van der Waals surface area contributed by atoms with Crippen molar-refractivity contribution in [2.75, 3.05) is 6.61 Å². The van der Waals surface area contributed by atoms with Crippen molar-refractivity contribution in [3.05, 3.63) is 204 Å². The molecule has 7 rings (SSSR count). The van der Waals surface area contributed by atoms with E-state index < -0.39 is 39.0 Å². The molecule has 5 atom stereocenters. The Morgan fingerprint density at radius 1 is 0.421 bits per heavy atom. The molecular weight excluding hydrogens is 725 g/mol. The molecule has 0 radical (unpaired) electrons. The van der Waals surface area contributed by atoms with E-state index in [0.717, 1.165) is 22.3 Å². The molecular formula is C50H54O6Si. The van der Waals surface area contributed by atoms with E-state index in [1.807, 2.05) is 72.8 Å². The zero-order valence-corrected chi connectivity index (χ0v) is 34.2. The van der Waals surface area contributed by atoms with Crippen molar-refractivity contribution >= 4 is 18.7 Å². The minimum atomic E-state index is -2.96. The van der Waals surface area contributed by atoms with Crippen LogP contribution in [0.25, 0.3) is 0 Å². The van der Waals surface area contributed by atoms with Gasteiger partial charge in [0.05, 0.1) is 33.0 Å². The highest BCUT2D eigenvalue weighted by Gasteiger charge is 2.53. The highest BCUT2D eigenvalue weighted by Crippen LogP contribution is 2.38. The largest absolute Gasteiger partial charge is 0.405 e. The second-order valence-corrected chi connectivity index (χ2v) is 19.9. The van der Waals surface area contributed by atoms with E-state index >= 15 is 0 Å². The first-order valence-corrected chi connectivity index (χ1v) is 21.8. The third kappa shape index (κ3) is 10.2. The molecule has 294 valence electrons. The lowest BCUT2D eigenvalue weighted by atomic mass is 9.97. The van der Waals surface area contributed by atoms with Crippen LogP contribution < -0.4 is 10.4 Å². The first kappa shape index (κ1) is 40.5. The Bertz CT molecular complexity index is 1990. The molecule has 1 aliphatic rings. The van der Waals surface area contributed by atoms with E-state index in [2.05, 4.69) is 130 Å². The summed E-state index contributed by atoms with van der Waals surface area (Å²) in [6.07, 6.45) is -3.17. The van der Waals surface area contributed by atoms with Gasteiger partial charge < -0.3 is 28.1 Å². The van der Waals surface area contributed by atoms with Gasteiger partial charge in [0.1, 0.15) is 24.4 Å². The average molecular weight is 779 g/mol. The third-order valence-corrected chi connectivity index (χ3v) is 15.6. The molecule has 7 heteroatoms. The monoisotopic (exact) mass is 778 g/mol. The molecule has 0 amide bonds. The van der Waals surface area contributed by atoms with Crippen molar-refractivity contribution < 1.29 is 28.1 Å². The molecule has 6 nitrogen and oxygen atoms in total. The highest BCUT2D eigenvalue weighted by atomic mass is 28.4. The molecule has 0 aliphatic carbocycles. The topological polar surface area (TPSA) is 55.4 Å². The van der Waals surface area contributed by atoms with Crippen molar-refractivity contribution in [2.24, 2.45) is 0 Å². The molecule has 0 N–H and O–H groups in total. The molecule has 57 heavy (non-hydrogen) atoms. The van der Waals surface area contributed by atoms with E-state index in [0.29, 0.717) is 26.4 Å². The van der Waals surface area contributed by atoms with Gasteiger partial charge in [-0.1, -0.05) is 203 Å². The van der Waals surface area contributed by atoms with E-state index in [1.54, 1.807) is 0 Å². The number of ether oxygens (including phenoxy) is 5. The highest BCUT2D eigenvalue weighted by molar-refractivity contribution is 6.99. The molecule has 0 spiro atoms. The molecule has 6 aromatic carbocycles. The average Bonchev–Trinajstić information content (AvgIpc) is 3.26. The van der Waals surface area contributed by atoms with Crippen molar-refractivity contribution in [3.8, 4) is 0 Å². The summed E-state index contributed by atoms with van der Waals surface area (Å²) in [6, 6.07) is 62.2. The summed E-state index contributed by atoms with van der Waals surface area (Å²) in [5.74, 6) is 0. The zero-order chi connectivity index (χ0) is 39.3. The number of hydrogen-bond donors (Lipinski definition) is 0. The Hall–Kier alpha value is -4.70. The summed E-state index contributed by atoms with van der Waals surface area (Å²) < 4.78 is 42.2. The predicted octanol–water partition coefficient (Wildman–Crippen LogP) is 9.26. The van der Waals surface area contributed by atoms with Gasteiger partial charge in [0, 0.05) is 0 Å². The lowest BCUT2D eigenvalue weighted by Crippen LogP contribution is -2.68. The van der Waals surface area contributed by atoms with E-state index in [4.69, 9.17) is 28.1 Å². The van der Waals surface area contributed by atoms with Gasteiger partial charge in [-0.05, 0) is 37.7 Å². The Balaban J connectivity index is 1.29. The number of hydrogen-bond acceptors (Lipinski definition) is 6. The maximum absolute atomic E-state index is 7.56. The molecule has 0 aromatic heterocycles. The van der Waals surface area contributed by atoms with E-state index in [-0.39, 0.29) is 11.6 Å². The van der Waals surface area contributed by atoms with Crippen LogP contribution in [0.15, 0.2) is 182 Å². The van der Waals surface area contributed by atoms with Gasteiger partial charge in [-0.15, -0.1) is 0 Å². The SMILES string of the molecule is CC(C)(C)[Si](OC[C@H]1O[C@@H](OCc2ccccc2)[C@H](OCc2ccccc2)[C@@H](OCc2ccccc2)[C@@H]1OCc1ccccc1)(c1ccccc1)c1ccccc1. The van der Waals surface area contributed by atoms with Gasteiger partial charge in [0.25, 0.3) is 8.32 Å². The van der Waals surface area contributed by atoms with Gasteiger partial charge in [-0.2, -0.15) is 0 Å². The zero-order valence-electron chi connectivity index (χ0n) is 33.2. The van der Waals surface area contributed by atoms with E-state index in [9.17, 15) is 0 Å². The lowest BCUT2D eigenvalue weighted by Gasteiger charge is -2.48. The summed E-state index contributed by atoms with van der Waals surface area (Å²) in [4.78, 5) is 0. The Morgan fingerprint density at radius 3 is 1.14 bits per heavy atom. The quantitative estimate of drug-likeness (QED) is 0.0862. The fourth-order valence-corrected chi connectivity index (χ4v) is 12.3. The molecule has 0 bridgehead atoms. The number of rotatable bonds is 17. The molecule has 1 fully saturated rings. The van der Waals surface area contributed by atoms with Crippen LogP contribution in [-0.2, 0) is 54.5 Å². The second-order valence-electron chi connectivity index (χ2n) is 15.6. The second kappa shape index (κ2) is 19.6. The normalized spacial score (nSPS) is 19.9. The van der Waals surface area contributed by atoms with E-state index in [1.165, 1.54) is 10.4 Å². The summed E-state index contributed by atoms with van der Waals surface area (Å²) >= 11 is 0. The van der Waals surface area contributed by atoms with Gasteiger partial charge in [-0.25, -0.2) is 0 Å². The first-order chi connectivity index (χ1) is 27.9. The van der Waals surface area contributed by atoms with Crippen molar-refractivity contribution in [2.45, 2.75) is 82.9 Å². The summed E-state index contributed by atoms with van der Waals surface area (Å²) in [5, 5.41) is 2.15. The predicted molar refractivity (Wildman–Crippen MR) is 229 cm³/mol. The first-order valence-electron chi connectivity index (χ1n) is 19.9. The van der Waals surface area contributed by atoms with Crippen molar-refractivity contribution in [3.63, 3.8) is 0 Å². The van der Waals surface area contributed by atoms with Gasteiger partial charge in [0.15, 0.2) is 6.29 Å². The molecule has 6 aromatic rings. The standard InChI is InChI=1S/C50H54O6Si/c1-50(2,3)57(43-30-18-8-19-31-43,44-32-20-9-21-33-44)55-38-45-46(51-34-39-22-10-4-11-23-39)47(52-35-40-24-12-5-13-25-40)48(53-36-41-26-14-6-15-27-41)49(56-45)54-37-42-28-16-7-17-29-42/h4-33,45-49H,34-38H2,1-3H3/t45-,46-,47+,48-,49-/m1/s1. The fraction of sp³-hybridized carbons (Fsp3) is 0.280. The van der Waals surface area contributed by atoms with Crippen LogP contribution in [0.4, 0.5) is 0 Å². The smallest absolute Gasteiger partial charge is 0.261 e. The minimum Gasteiger partial charge on any atom is -0.405 e. The van der Waals surface area contributed by atoms with Gasteiger partial charge in [-0.3, -0.25) is 0 Å². The maximum Gasteiger partial charge on any atom is 0.261 e. The molecule has 1 heterocycles. The van der Waals surface area contributed by atoms with Crippen molar-refractivity contribution in [1.82, 2.24) is 0 Å². The van der Waals surface area contributed by atoms with Crippen LogP contribution in [0.3, 0.4) is 0 Å². The van der Waals surface area contributed by atoms with Crippen LogP contribution in [0.1, 0.15) is 43.0 Å². The molecule has 1 aliphatic heterocycles. The summed E-state index contributed by atoms with van der Waals surface area (Å²) in [7, 11) is -2.96. The molecule has 0 saturated carbocycles. The third-order valence-electron chi connectivity index (χ3n) is 10.6. The fourth-order valence-electron chi connectivity index (χ4n) is 7.74. The van der Waals surface area contributed by atoms with Crippen LogP contribution in [0, 0.1) is 0 Å². The van der Waals surface area contributed by atoms with Gasteiger partial charge in [0.2, 0.25) is 0 Å². The Labute approximate surface area is 339 Å². The minimum absolute atomic E-state index is 0.238. The van der Waals surface area contributed by atoms with Crippen LogP contribution in [0.5, 0.6) is 0 Å². The lowest BCUT2D eigenvalue weighted by molar-refractivity contribution is -0.328. The van der Waals surface area contributed by atoms with Crippen LogP contribution >= 0.6 is 0 Å². The molecule has 1 saturated heterocycles. The van der Waals surface area contributed by atoms with Crippen LogP contribution in [0.2, 0.25) is 5.04 Å². The van der Waals surface area contributed by atoms with Gasteiger partial charge >= 0.3 is 0 Å². The number of benzene rings is 6. The summed E-state index contributed by atoms with van der Waals surface area (Å²) in [5.41, 5.74) is 4.18. The summed E-state index contributed by atoms with van der Waals surface area (Å²) in [6.45, 7) is 8.50. The Kier molecular flexibility index (Phi) is 13.9. The maximum atomic E-state index is 7.56. The Morgan fingerprint density at radius 2 is 0.754 bits per heavy atom. The van der Waals surface area contributed by atoms with Crippen LogP contribution in [-0.4, -0.2) is 45.6 Å². The van der Waals surface area contributed by atoms with Crippen molar-refractivity contribution in [1.29, 1.82) is 0 Å².